The summed E-state index contributed by atoms with van der Waals surface area (Å²) in [6.07, 6.45) is 5.18. The van der Waals surface area contributed by atoms with Gasteiger partial charge in [-0.1, -0.05) is 6.92 Å². The second-order valence-corrected chi connectivity index (χ2v) is 4.33. The molecule has 1 saturated heterocycles. The summed E-state index contributed by atoms with van der Waals surface area (Å²) in [7, 11) is 2.14. The quantitative estimate of drug-likeness (QED) is 0.781. The standard InChI is InChI=1S/C13H20N2O/c1-3-11-4-7-14-13(10-11)15(2)12-5-8-16-9-6-12/h4,7,10,12H,3,5-6,8-9H2,1-2H3. The Hall–Kier alpha value is -1.09. The van der Waals surface area contributed by atoms with Crippen molar-refractivity contribution in [3.63, 3.8) is 0 Å². The number of anilines is 1. The molecule has 88 valence electrons. The van der Waals surface area contributed by atoms with Crippen LogP contribution in [0.2, 0.25) is 0 Å². The number of aromatic nitrogens is 1. The van der Waals surface area contributed by atoms with E-state index in [0.717, 1.165) is 38.3 Å². The maximum atomic E-state index is 5.38. The van der Waals surface area contributed by atoms with Gasteiger partial charge in [0.05, 0.1) is 0 Å². The summed E-state index contributed by atoms with van der Waals surface area (Å²) >= 11 is 0. The van der Waals surface area contributed by atoms with E-state index in [4.69, 9.17) is 4.74 Å². The number of hydrogen-bond donors (Lipinski definition) is 0. The molecule has 0 spiro atoms. The lowest BCUT2D eigenvalue weighted by Gasteiger charge is -2.32. The Morgan fingerprint density at radius 3 is 2.88 bits per heavy atom. The first kappa shape index (κ1) is 11.4. The molecule has 1 fully saturated rings. The first-order chi connectivity index (χ1) is 7.81. The van der Waals surface area contributed by atoms with E-state index in [0.29, 0.717) is 6.04 Å². The van der Waals surface area contributed by atoms with Crippen molar-refractivity contribution in [1.29, 1.82) is 0 Å². The predicted molar refractivity (Wildman–Crippen MR) is 65.9 cm³/mol. The van der Waals surface area contributed by atoms with E-state index in [9.17, 15) is 0 Å². The molecule has 0 radical (unpaired) electrons. The molecule has 0 amide bonds. The molecule has 0 atom stereocenters. The van der Waals surface area contributed by atoms with Gasteiger partial charge in [-0.3, -0.25) is 0 Å². The van der Waals surface area contributed by atoms with Crippen LogP contribution in [0.5, 0.6) is 0 Å². The second kappa shape index (κ2) is 5.30. The van der Waals surface area contributed by atoms with Gasteiger partial charge in [-0.2, -0.15) is 0 Å². The van der Waals surface area contributed by atoms with Crippen LogP contribution in [-0.2, 0) is 11.2 Å². The van der Waals surface area contributed by atoms with Gasteiger partial charge in [0.1, 0.15) is 5.82 Å². The van der Waals surface area contributed by atoms with Crippen LogP contribution >= 0.6 is 0 Å². The Balaban J connectivity index is 2.09. The van der Waals surface area contributed by atoms with E-state index in [1.807, 2.05) is 6.20 Å². The molecule has 16 heavy (non-hydrogen) atoms. The summed E-state index contributed by atoms with van der Waals surface area (Å²) in [6, 6.07) is 4.85. The summed E-state index contributed by atoms with van der Waals surface area (Å²) in [5, 5.41) is 0. The van der Waals surface area contributed by atoms with Gasteiger partial charge in [0.15, 0.2) is 0 Å². The summed E-state index contributed by atoms with van der Waals surface area (Å²) in [6.45, 7) is 3.93. The molecule has 1 aliphatic heterocycles. The van der Waals surface area contributed by atoms with Crippen LogP contribution in [0.1, 0.15) is 25.3 Å². The SMILES string of the molecule is CCc1ccnc(N(C)C2CCOCC2)c1. The molecule has 2 rings (SSSR count). The molecule has 0 unspecified atom stereocenters. The van der Waals surface area contributed by atoms with Crippen LogP contribution in [0, 0.1) is 0 Å². The minimum absolute atomic E-state index is 0.577. The van der Waals surface area contributed by atoms with Crippen molar-refractivity contribution < 1.29 is 4.74 Å². The van der Waals surface area contributed by atoms with Gasteiger partial charge in [-0.15, -0.1) is 0 Å². The van der Waals surface area contributed by atoms with Crippen LogP contribution in [0.25, 0.3) is 0 Å². The Morgan fingerprint density at radius 1 is 1.44 bits per heavy atom. The van der Waals surface area contributed by atoms with Crippen molar-refractivity contribution >= 4 is 5.82 Å². The maximum absolute atomic E-state index is 5.38. The average molecular weight is 220 g/mol. The zero-order valence-corrected chi connectivity index (χ0v) is 10.1. The van der Waals surface area contributed by atoms with E-state index in [-0.39, 0.29) is 0 Å². The first-order valence-corrected chi connectivity index (χ1v) is 6.06. The molecular formula is C13H20N2O. The van der Waals surface area contributed by atoms with E-state index >= 15 is 0 Å². The molecule has 1 aromatic heterocycles. The van der Waals surface area contributed by atoms with Gasteiger partial charge in [-0.25, -0.2) is 4.98 Å². The van der Waals surface area contributed by atoms with Gasteiger partial charge < -0.3 is 9.64 Å². The summed E-state index contributed by atoms with van der Waals surface area (Å²) in [5.41, 5.74) is 1.35. The molecule has 0 N–H and O–H groups in total. The fourth-order valence-electron chi connectivity index (χ4n) is 2.13. The van der Waals surface area contributed by atoms with Gasteiger partial charge in [0.25, 0.3) is 0 Å². The monoisotopic (exact) mass is 220 g/mol. The Labute approximate surface area is 97.4 Å². The van der Waals surface area contributed by atoms with Crippen LogP contribution in [0.3, 0.4) is 0 Å². The van der Waals surface area contributed by atoms with Crippen molar-refractivity contribution in [3.8, 4) is 0 Å². The van der Waals surface area contributed by atoms with Crippen molar-refractivity contribution in [2.45, 2.75) is 32.2 Å². The predicted octanol–water partition coefficient (Wildman–Crippen LogP) is 2.26. The van der Waals surface area contributed by atoms with Gasteiger partial charge in [-0.05, 0) is 37.0 Å². The third-order valence-electron chi connectivity index (χ3n) is 3.32. The van der Waals surface area contributed by atoms with Crippen LogP contribution in [0.15, 0.2) is 18.3 Å². The molecule has 0 saturated carbocycles. The highest BCUT2D eigenvalue weighted by atomic mass is 16.5. The number of pyridine rings is 1. The first-order valence-electron chi connectivity index (χ1n) is 6.06. The summed E-state index contributed by atoms with van der Waals surface area (Å²) in [5.74, 6) is 1.09. The topological polar surface area (TPSA) is 25.4 Å². The third-order valence-corrected chi connectivity index (χ3v) is 3.32. The number of ether oxygens (including phenoxy) is 1. The molecule has 2 heterocycles. The van der Waals surface area contributed by atoms with Crippen molar-refractivity contribution in [1.82, 2.24) is 4.98 Å². The van der Waals surface area contributed by atoms with Crippen molar-refractivity contribution in [2.75, 3.05) is 25.2 Å². The highest BCUT2D eigenvalue weighted by molar-refractivity contribution is 5.41. The number of nitrogens with zero attached hydrogens (tertiary/aromatic N) is 2. The van der Waals surface area contributed by atoms with E-state index in [1.165, 1.54) is 5.56 Å². The molecule has 1 aromatic rings. The Morgan fingerprint density at radius 2 is 2.19 bits per heavy atom. The molecule has 0 aromatic carbocycles. The molecular weight excluding hydrogens is 200 g/mol. The Bertz CT molecular complexity index is 334. The largest absolute Gasteiger partial charge is 0.381 e. The minimum Gasteiger partial charge on any atom is -0.381 e. The highest BCUT2D eigenvalue weighted by Crippen LogP contribution is 2.20. The normalized spacial score (nSPS) is 17.4. The molecule has 3 heteroatoms. The van der Waals surface area contributed by atoms with Gasteiger partial charge in [0, 0.05) is 32.5 Å². The number of hydrogen-bond acceptors (Lipinski definition) is 3. The number of rotatable bonds is 3. The fraction of sp³-hybridized carbons (Fsp3) is 0.615. The highest BCUT2D eigenvalue weighted by Gasteiger charge is 2.19. The minimum atomic E-state index is 0.577. The smallest absolute Gasteiger partial charge is 0.128 e. The fourth-order valence-corrected chi connectivity index (χ4v) is 2.13. The lowest BCUT2D eigenvalue weighted by molar-refractivity contribution is 0.0853. The van der Waals surface area contributed by atoms with Crippen molar-refractivity contribution in [2.24, 2.45) is 0 Å². The lowest BCUT2D eigenvalue weighted by Crippen LogP contribution is -2.37. The van der Waals surface area contributed by atoms with Crippen LogP contribution in [-0.4, -0.2) is 31.3 Å². The maximum Gasteiger partial charge on any atom is 0.128 e. The molecule has 0 aliphatic carbocycles. The third kappa shape index (κ3) is 2.53. The zero-order chi connectivity index (χ0) is 11.4. The molecule has 0 bridgehead atoms. The molecule has 1 aliphatic rings. The van der Waals surface area contributed by atoms with E-state index < -0.39 is 0 Å². The molecule has 3 nitrogen and oxygen atoms in total. The van der Waals surface area contributed by atoms with Gasteiger partial charge in [0.2, 0.25) is 0 Å². The lowest BCUT2D eigenvalue weighted by atomic mass is 10.1. The van der Waals surface area contributed by atoms with Gasteiger partial charge >= 0.3 is 0 Å². The van der Waals surface area contributed by atoms with E-state index in [2.05, 4.69) is 36.0 Å². The second-order valence-electron chi connectivity index (χ2n) is 4.33. The van der Waals surface area contributed by atoms with Crippen LogP contribution in [0.4, 0.5) is 5.82 Å². The van der Waals surface area contributed by atoms with Crippen LogP contribution < -0.4 is 4.90 Å². The van der Waals surface area contributed by atoms with E-state index in [1.54, 1.807) is 0 Å². The summed E-state index contributed by atoms with van der Waals surface area (Å²) in [4.78, 5) is 6.74. The average Bonchev–Trinajstić information content (AvgIpc) is 2.39. The van der Waals surface area contributed by atoms with Crippen molar-refractivity contribution in [3.05, 3.63) is 23.9 Å². The zero-order valence-electron chi connectivity index (χ0n) is 10.1. The summed E-state index contributed by atoms with van der Waals surface area (Å²) < 4.78 is 5.38. The Kier molecular flexibility index (Phi) is 3.78. The number of aryl methyl sites for hydroxylation is 1.